The highest BCUT2D eigenvalue weighted by Crippen LogP contribution is 2.11. The van der Waals surface area contributed by atoms with Crippen LogP contribution in [0.3, 0.4) is 0 Å². The van der Waals surface area contributed by atoms with Gasteiger partial charge in [-0.15, -0.1) is 0 Å². The summed E-state index contributed by atoms with van der Waals surface area (Å²) in [4.78, 5) is 0. The summed E-state index contributed by atoms with van der Waals surface area (Å²) in [6.07, 6.45) is 4.96. The number of hydrogen-bond acceptors (Lipinski definition) is 5. The average Bonchev–Trinajstić information content (AvgIpc) is 3.07. The summed E-state index contributed by atoms with van der Waals surface area (Å²) in [7, 11) is -3.60. The third-order valence-corrected chi connectivity index (χ3v) is 4.31. The van der Waals surface area contributed by atoms with Crippen molar-refractivity contribution in [2.75, 3.05) is 6.54 Å². The lowest BCUT2D eigenvalue weighted by atomic mass is 10.3. The number of nitrogens with one attached hydrogen (secondary N) is 3. The predicted molar refractivity (Wildman–Crippen MR) is 78.0 cm³/mol. The summed E-state index contributed by atoms with van der Waals surface area (Å²) in [6, 6.07) is 2.06. The van der Waals surface area contributed by atoms with Crippen molar-refractivity contribution >= 4 is 10.0 Å². The molecule has 0 aliphatic rings. The maximum Gasteiger partial charge on any atom is 0.257 e. The number of aromatic nitrogens is 4. The van der Waals surface area contributed by atoms with Gasteiger partial charge in [-0.3, -0.25) is 9.78 Å². The van der Waals surface area contributed by atoms with Crippen molar-refractivity contribution in [2.45, 2.75) is 38.0 Å². The first-order valence-corrected chi connectivity index (χ1v) is 8.20. The van der Waals surface area contributed by atoms with Crippen LogP contribution in [-0.4, -0.2) is 41.0 Å². The molecular formula is C12H20N6O2S. The van der Waals surface area contributed by atoms with Crippen molar-refractivity contribution in [3.63, 3.8) is 0 Å². The van der Waals surface area contributed by atoms with Crippen LogP contribution in [0.25, 0.3) is 0 Å². The van der Waals surface area contributed by atoms with Gasteiger partial charge >= 0.3 is 0 Å². The van der Waals surface area contributed by atoms with Gasteiger partial charge in [0.25, 0.3) is 10.0 Å². The van der Waals surface area contributed by atoms with E-state index < -0.39 is 10.0 Å². The van der Waals surface area contributed by atoms with Gasteiger partial charge in [0.1, 0.15) is 0 Å². The van der Waals surface area contributed by atoms with Gasteiger partial charge in [-0.05, 0) is 6.07 Å². The molecule has 0 bridgehead atoms. The van der Waals surface area contributed by atoms with Gasteiger partial charge in [0.05, 0.1) is 12.7 Å². The molecule has 3 N–H and O–H groups in total. The number of sulfonamides is 1. The normalized spacial score (nSPS) is 12.1. The van der Waals surface area contributed by atoms with E-state index in [1.807, 2.05) is 13.8 Å². The van der Waals surface area contributed by atoms with E-state index in [1.165, 1.54) is 6.20 Å². The van der Waals surface area contributed by atoms with Crippen molar-refractivity contribution in [1.82, 2.24) is 30.0 Å². The Morgan fingerprint density at radius 1 is 1.43 bits per heavy atom. The average molecular weight is 312 g/mol. The molecule has 0 amide bonds. The SMILES string of the molecule is CC(C)NCc1cn[nH]c1S(=O)(=O)NCCn1cccn1. The van der Waals surface area contributed by atoms with Gasteiger partial charge in [-0.25, -0.2) is 13.1 Å². The zero-order valence-corrected chi connectivity index (χ0v) is 12.9. The third-order valence-electron chi connectivity index (χ3n) is 2.84. The number of hydrogen-bond donors (Lipinski definition) is 3. The number of nitrogens with zero attached hydrogens (tertiary/aromatic N) is 3. The Labute approximate surface area is 124 Å². The molecule has 0 fully saturated rings. The highest BCUT2D eigenvalue weighted by atomic mass is 32.2. The zero-order chi connectivity index (χ0) is 15.3. The molecule has 9 heteroatoms. The van der Waals surface area contributed by atoms with Gasteiger partial charge in [-0.2, -0.15) is 10.2 Å². The van der Waals surface area contributed by atoms with Crippen molar-refractivity contribution in [3.8, 4) is 0 Å². The van der Waals surface area contributed by atoms with Crippen LogP contribution in [0.2, 0.25) is 0 Å². The summed E-state index contributed by atoms with van der Waals surface area (Å²) in [5.74, 6) is 0. The van der Waals surface area contributed by atoms with Crippen LogP contribution < -0.4 is 10.0 Å². The maximum atomic E-state index is 12.2. The first-order chi connectivity index (χ1) is 9.99. The summed E-state index contributed by atoms with van der Waals surface area (Å²) in [5.41, 5.74) is 0.621. The van der Waals surface area contributed by atoms with E-state index in [4.69, 9.17) is 0 Å². The monoisotopic (exact) mass is 312 g/mol. The lowest BCUT2D eigenvalue weighted by Crippen LogP contribution is -2.29. The topological polar surface area (TPSA) is 105 Å². The zero-order valence-electron chi connectivity index (χ0n) is 12.1. The van der Waals surface area contributed by atoms with Gasteiger partial charge in [0.15, 0.2) is 5.03 Å². The standard InChI is InChI=1S/C12H20N6O2S/c1-10(2)13-8-11-9-14-17-12(11)21(19,20)16-5-7-18-6-3-4-15-18/h3-4,6,9-10,13,16H,5,7-8H2,1-2H3,(H,14,17). The van der Waals surface area contributed by atoms with Crippen LogP contribution in [0.5, 0.6) is 0 Å². The van der Waals surface area contributed by atoms with E-state index in [-0.39, 0.29) is 17.6 Å². The fraction of sp³-hybridized carbons (Fsp3) is 0.500. The Balaban J connectivity index is 1.97. The Morgan fingerprint density at radius 3 is 2.90 bits per heavy atom. The number of rotatable bonds is 8. The molecule has 0 aromatic carbocycles. The lowest BCUT2D eigenvalue weighted by molar-refractivity contribution is 0.551. The van der Waals surface area contributed by atoms with Gasteiger partial charge < -0.3 is 5.32 Å². The van der Waals surface area contributed by atoms with Gasteiger partial charge in [-0.1, -0.05) is 13.8 Å². The van der Waals surface area contributed by atoms with Crippen LogP contribution in [0, 0.1) is 0 Å². The van der Waals surface area contributed by atoms with Crippen molar-refractivity contribution < 1.29 is 8.42 Å². The largest absolute Gasteiger partial charge is 0.310 e. The molecule has 0 radical (unpaired) electrons. The van der Waals surface area contributed by atoms with Crippen molar-refractivity contribution in [1.29, 1.82) is 0 Å². The molecule has 2 aromatic heterocycles. The minimum atomic E-state index is -3.60. The molecular weight excluding hydrogens is 292 g/mol. The summed E-state index contributed by atoms with van der Waals surface area (Å²) in [5, 5.41) is 13.7. The first kappa shape index (κ1) is 15.7. The molecule has 2 rings (SSSR count). The van der Waals surface area contributed by atoms with Crippen LogP contribution in [0.4, 0.5) is 0 Å². The fourth-order valence-corrected chi connectivity index (χ4v) is 2.92. The Kier molecular flexibility index (Phi) is 5.10. The maximum absolute atomic E-state index is 12.2. The van der Waals surface area contributed by atoms with E-state index in [0.29, 0.717) is 18.7 Å². The molecule has 0 aliphatic heterocycles. The van der Waals surface area contributed by atoms with Crippen molar-refractivity contribution in [3.05, 3.63) is 30.2 Å². The minimum absolute atomic E-state index is 0.108. The minimum Gasteiger partial charge on any atom is -0.310 e. The molecule has 0 aliphatic carbocycles. The number of aromatic amines is 1. The summed E-state index contributed by atoms with van der Waals surface area (Å²) >= 11 is 0. The second-order valence-electron chi connectivity index (χ2n) is 4.93. The smallest absolute Gasteiger partial charge is 0.257 e. The summed E-state index contributed by atoms with van der Waals surface area (Å²) in [6.45, 7) is 5.18. The lowest BCUT2D eigenvalue weighted by Gasteiger charge is -2.09. The Bertz CT molecular complexity index is 647. The van der Waals surface area contributed by atoms with E-state index >= 15 is 0 Å². The Hall–Kier alpha value is -1.71. The summed E-state index contributed by atoms with van der Waals surface area (Å²) < 4.78 is 28.7. The van der Waals surface area contributed by atoms with E-state index in [0.717, 1.165) is 0 Å². The second kappa shape index (κ2) is 6.83. The molecule has 0 atom stereocenters. The first-order valence-electron chi connectivity index (χ1n) is 6.72. The van der Waals surface area contributed by atoms with Crippen LogP contribution in [0.15, 0.2) is 29.7 Å². The van der Waals surface area contributed by atoms with Crippen LogP contribution >= 0.6 is 0 Å². The molecule has 2 aromatic rings. The molecule has 116 valence electrons. The van der Waals surface area contributed by atoms with E-state index in [1.54, 1.807) is 23.1 Å². The highest BCUT2D eigenvalue weighted by Gasteiger charge is 2.20. The van der Waals surface area contributed by atoms with Gasteiger partial charge in [0.2, 0.25) is 0 Å². The van der Waals surface area contributed by atoms with Crippen LogP contribution in [-0.2, 0) is 23.1 Å². The van der Waals surface area contributed by atoms with E-state index in [9.17, 15) is 8.42 Å². The number of H-pyrrole nitrogens is 1. The second-order valence-corrected chi connectivity index (χ2v) is 6.63. The molecule has 21 heavy (non-hydrogen) atoms. The molecule has 8 nitrogen and oxygen atoms in total. The fourth-order valence-electron chi connectivity index (χ4n) is 1.77. The highest BCUT2D eigenvalue weighted by molar-refractivity contribution is 7.89. The van der Waals surface area contributed by atoms with E-state index in [2.05, 4.69) is 25.3 Å². The van der Waals surface area contributed by atoms with Crippen molar-refractivity contribution in [2.24, 2.45) is 0 Å². The molecule has 2 heterocycles. The third kappa shape index (κ3) is 4.38. The molecule has 0 saturated heterocycles. The molecule has 0 saturated carbocycles. The Morgan fingerprint density at radius 2 is 2.24 bits per heavy atom. The van der Waals surface area contributed by atoms with Crippen LogP contribution in [0.1, 0.15) is 19.4 Å². The van der Waals surface area contributed by atoms with Gasteiger partial charge in [0, 0.05) is 37.1 Å². The molecule has 0 spiro atoms. The quantitative estimate of drug-likeness (QED) is 0.640. The molecule has 0 unspecified atom stereocenters. The predicted octanol–water partition coefficient (Wildman–Crippen LogP) is 0.0827.